The number of hydrogen-bond acceptors (Lipinski definition) is 0. The van der Waals surface area contributed by atoms with Crippen molar-refractivity contribution in [1.82, 2.24) is 0 Å². The van der Waals surface area contributed by atoms with Gasteiger partial charge in [-0.05, 0) is 0 Å². The third kappa shape index (κ3) is 1.14. The minimum atomic E-state index is 1.31. The summed E-state index contributed by atoms with van der Waals surface area (Å²) in [6, 6.07) is 8.29. The topological polar surface area (TPSA) is 0 Å². The molecule has 0 fully saturated rings. The van der Waals surface area contributed by atoms with Crippen LogP contribution in [0.2, 0.25) is 0 Å². The molecule has 0 bridgehead atoms. The third-order valence-electron chi connectivity index (χ3n) is 1.12. The van der Waals surface area contributed by atoms with Crippen molar-refractivity contribution in [1.29, 1.82) is 0 Å². The Kier molecular flexibility index (Phi) is 1.75. The summed E-state index contributed by atoms with van der Waals surface area (Å²) in [7, 11) is 0. The molecule has 1 aromatic rings. The van der Waals surface area contributed by atoms with Gasteiger partial charge in [-0.25, -0.2) is 0 Å². The monoisotopic (exact) mass is 166 g/mol. The van der Waals surface area contributed by atoms with E-state index >= 15 is 0 Å². The predicted octanol–water partition coefficient (Wildman–Crippen LogP) is 0.789. The molecule has 0 aliphatic rings. The van der Waals surface area contributed by atoms with E-state index in [0.717, 1.165) is 0 Å². The Labute approximate surface area is 58.4 Å². The average Bonchev–Trinajstić information content (AvgIpc) is 1.77. The first-order valence-corrected chi connectivity index (χ1v) is 3.49. The van der Waals surface area contributed by atoms with E-state index in [4.69, 9.17) is 0 Å². The molecule has 0 aliphatic carbocycles. The molecule has 40 valence electrons. The fourth-order valence-corrected chi connectivity index (χ4v) is 0.900. The zero-order valence-electron chi connectivity index (χ0n) is 4.76. The van der Waals surface area contributed by atoms with E-state index in [1.54, 1.807) is 0 Å². The van der Waals surface area contributed by atoms with Crippen LogP contribution in [-0.4, -0.2) is 16.9 Å². The summed E-state index contributed by atoms with van der Waals surface area (Å²) in [5.74, 6) is 0. The summed E-state index contributed by atoms with van der Waals surface area (Å²) in [4.78, 5) is 0. The van der Waals surface area contributed by atoms with Crippen molar-refractivity contribution in [3.05, 3.63) is 29.8 Å². The van der Waals surface area contributed by atoms with Gasteiger partial charge in [0.15, 0.2) is 0 Å². The second-order valence-corrected chi connectivity index (χ2v) is 2.80. The van der Waals surface area contributed by atoms with Crippen LogP contribution in [0.25, 0.3) is 0 Å². The van der Waals surface area contributed by atoms with Crippen LogP contribution in [0, 0.1) is 6.92 Å². The van der Waals surface area contributed by atoms with Crippen molar-refractivity contribution in [3.63, 3.8) is 0 Å². The summed E-state index contributed by atoms with van der Waals surface area (Å²) in [6.45, 7) is 2.10. The molecule has 0 atom stereocenters. The number of hydrogen-bond donors (Lipinski definition) is 0. The van der Waals surface area contributed by atoms with E-state index in [-0.39, 0.29) is 0 Å². The van der Waals surface area contributed by atoms with Gasteiger partial charge in [-0.1, -0.05) is 0 Å². The molecule has 8 heavy (non-hydrogen) atoms. The third-order valence-corrected chi connectivity index (χ3v) is 2.17. The predicted molar refractivity (Wildman–Crippen MR) is 36.6 cm³/mol. The normalized spacial score (nSPS) is 9.25. The van der Waals surface area contributed by atoms with Crippen molar-refractivity contribution < 1.29 is 0 Å². The maximum atomic E-state index is 2.55. The molecule has 0 saturated heterocycles. The number of rotatable bonds is 0. The molecular weight excluding hydrogens is 159 g/mol. The molecule has 0 aromatic heterocycles. The van der Waals surface area contributed by atoms with E-state index in [1.807, 2.05) is 12.1 Å². The van der Waals surface area contributed by atoms with Gasteiger partial charge in [0.1, 0.15) is 0 Å². The standard InChI is InChI=1S/C7H7As/c1-6-4-2-3-5-7(6)8/h2-5H,1H3. The van der Waals surface area contributed by atoms with Crippen LogP contribution in [-0.2, 0) is 0 Å². The van der Waals surface area contributed by atoms with Crippen LogP contribution in [0.15, 0.2) is 24.3 Å². The fraction of sp³-hybridized carbons (Fsp3) is 0.143. The molecule has 0 heterocycles. The number of aryl methyl sites for hydroxylation is 1. The Balaban J connectivity index is 3.13. The molecule has 0 saturated carbocycles. The van der Waals surface area contributed by atoms with Gasteiger partial charge in [0.2, 0.25) is 0 Å². The Morgan fingerprint density at radius 1 is 1.25 bits per heavy atom. The molecule has 0 amide bonds. The molecule has 2 radical (unpaired) electrons. The van der Waals surface area contributed by atoms with Gasteiger partial charge in [0, 0.05) is 0 Å². The van der Waals surface area contributed by atoms with Crippen molar-refractivity contribution in [2.45, 2.75) is 6.92 Å². The summed E-state index contributed by atoms with van der Waals surface area (Å²) in [5, 5.41) is 0. The first-order valence-electron chi connectivity index (χ1n) is 2.55. The van der Waals surface area contributed by atoms with Crippen molar-refractivity contribution in [2.75, 3.05) is 0 Å². The fourth-order valence-electron chi connectivity index (χ4n) is 0.563. The van der Waals surface area contributed by atoms with Crippen LogP contribution < -0.4 is 4.35 Å². The van der Waals surface area contributed by atoms with E-state index in [2.05, 4.69) is 35.9 Å². The zero-order valence-corrected chi connectivity index (χ0v) is 6.63. The van der Waals surface area contributed by atoms with Crippen LogP contribution >= 0.6 is 0 Å². The molecule has 0 unspecified atom stereocenters. The van der Waals surface area contributed by atoms with Gasteiger partial charge in [-0.3, -0.25) is 0 Å². The van der Waals surface area contributed by atoms with Gasteiger partial charge >= 0.3 is 58.0 Å². The van der Waals surface area contributed by atoms with Crippen molar-refractivity contribution >= 4 is 21.2 Å². The quantitative estimate of drug-likeness (QED) is 0.500. The van der Waals surface area contributed by atoms with Crippen LogP contribution in [0.1, 0.15) is 5.56 Å². The summed E-state index contributed by atoms with van der Waals surface area (Å²) >= 11 is 2.55. The van der Waals surface area contributed by atoms with Gasteiger partial charge in [0.05, 0.1) is 0 Å². The van der Waals surface area contributed by atoms with Crippen molar-refractivity contribution in [3.8, 4) is 0 Å². The molecule has 1 rings (SSSR count). The van der Waals surface area contributed by atoms with Gasteiger partial charge < -0.3 is 0 Å². The van der Waals surface area contributed by atoms with Crippen LogP contribution in [0.3, 0.4) is 0 Å². The molecular formula is C7H7As. The van der Waals surface area contributed by atoms with E-state index in [1.165, 1.54) is 9.91 Å². The first-order chi connectivity index (χ1) is 3.80. The van der Waals surface area contributed by atoms with E-state index in [0.29, 0.717) is 0 Å². The second-order valence-electron chi connectivity index (χ2n) is 1.79. The second kappa shape index (κ2) is 2.37. The molecule has 0 spiro atoms. The first kappa shape index (κ1) is 5.91. The van der Waals surface area contributed by atoms with Crippen LogP contribution in [0.5, 0.6) is 0 Å². The zero-order chi connectivity index (χ0) is 5.98. The minimum absolute atomic E-state index is 1.31. The molecule has 0 aliphatic heterocycles. The maximum absolute atomic E-state index is 2.55. The van der Waals surface area contributed by atoms with Gasteiger partial charge in [0.25, 0.3) is 0 Å². The summed E-state index contributed by atoms with van der Waals surface area (Å²) in [6.07, 6.45) is 0. The van der Waals surface area contributed by atoms with E-state index in [9.17, 15) is 0 Å². The Bertz CT molecular complexity index is 160. The Morgan fingerprint density at radius 3 is 2.25 bits per heavy atom. The molecule has 0 N–H and O–H groups in total. The Morgan fingerprint density at radius 2 is 1.88 bits per heavy atom. The average molecular weight is 166 g/mol. The SMILES string of the molecule is Cc1ccccc1[As]. The van der Waals surface area contributed by atoms with E-state index < -0.39 is 0 Å². The van der Waals surface area contributed by atoms with Gasteiger partial charge in [-0.2, -0.15) is 0 Å². The summed E-state index contributed by atoms with van der Waals surface area (Å²) in [5.41, 5.74) is 1.34. The van der Waals surface area contributed by atoms with Gasteiger partial charge in [-0.15, -0.1) is 0 Å². The summed E-state index contributed by atoms with van der Waals surface area (Å²) < 4.78 is 1.31. The van der Waals surface area contributed by atoms with Crippen molar-refractivity contribution in [2.24, 2.45) is 0 Å². The Hall–Kier alpha value is -0.222. The van der Waals surface area contributed by atoms with Crippen LogP contribution in [0.4, 0.5) is 0 Å². The molecule has 1 heteroatoms. The molecule has 0 nitrogen and oxygen atoms in total. The number of benzene rings is 1. The molecule has 1 aromatic carbocycles.